The fraction of sp³-hybridized carbons (Fsp3) is 0.364. The first-order chi connectivity index (χ1) is 13.2. The normalized spacial score (nSPS) is 10.9. The van der Waals surface area contributed by atoms with E-state index in [1.807, 2.05) is 18.2 Å². The zero-order chi connectivity index (χ0) is 19.1. The number of hydrogen-bond acceptors (Lipinski definition) is 4. The van der Waals surface area contributed by atoms with Gasteiger partial charge in [-0.1, -0.05) is 30.3 Å². The monoisotopic (exact) mass is 381 g/mol. The molecule has 0 saturated carbocycles. The molecule has 1 heterocycles. The van der Waals surface area contributed by atoms with Gasteiger partial charge in [0.1, 0.15) is 0 Å². The largest absolute Gasteiger partial charge is 0.370 e. The summed E-state index contributed by atoms with van der Waals surface area (Å²) in [5, 5.41) is 4.16. The van der Waals surface area contributed by atoms with Crippen LogP contribution in [-0.2, 0) is 11.2 Å². The van der Waals surface area contributed by atoms with E-state index in [4.69, 9.17) is 0 Å². The first-order valence-electron chi connectivity index (χ1n) is 9.59. The fourth-order valence-electron chi connectivity index (χ4n) is 3.21. The Bertz CT molecular complexity index is 857. The molecule has 0 saturated heterocycles. The van der Waals surface area contributed by atoms with Crippen molar-refractivity contribution in [3.05, 3.63) is 59.1 Å². The summed E-state index contributed by atoms with van der Waals surface area (Å²) in [7, 11) is 0. The quantitative estimate of drug-likeness (QED) is 0.590. The van der Waals surface area contributed by atoms with Gasteiger partial charge in [0.25, 0.3) is 0 Å². The third-order valence-electron chi connectivity index (χ3n) is 4.67. The molecule has 1 aromatic heterocycles. The van der Waals surface area contributed by atoms with E-state index in [2.05, 4.69) is 59.4 Å². The number of amides is 1. The number of thiazole rings is 1. The van der Waals surface area contributed by atoms with Crippen LogP contribution in [0.25, 0.3) is 10.2 Å². The van der Waals surface area contributed by atoms with Gasteiger partial charge in [-0.2, -0.15) is 0 Å². The standard InChI is InChI=1S/C22H27N3OS/c1-3-25(19-11-6-4-9-17(19)2)16-15-23-21(26)13-8-14-22-24-18-10-5-7-12-20(18)27-22/h4-7,9-12H,3,8,13-16H2,1-2H3,(H,23,26). The van der Waals surface area contributed by atoms with Crippen molar-refractivity contribution in [1.29, 1.82) is 0 Å². The zero-order valence-corrected chi connectivity index (χ0v) is 16.9. The number of carbonyl (C=O) groups excluding carboxylic acids is 1. The molecule has 0 radical (unpaired) electrons. The molecule has 0 aliphatic heterocycles. The van der Waals surface area contributed by atoms with Crippen LogP contribution in [0, 0.1) is 6.92 Å². The summed E-state index contributed by atoms with van der Waals surface area (Å²) < 4.78 is 1.22. The molecule has 0 bridgehead atoms. The average Bonchev–Trinajstić information content (AvgIpc) is 3.09. The topological polar surface area (TPSA) is 45.2 Å². The Hall–Kier alpha value is -2.40. The molecule has 4 nitrogen and oxygen atoms in total. The van der Waals surface area contributed by atoms with E-state index >= 15 is 0 Å². The molecular weight excluding hydrogens is 354 g/mol. The first kappa shape index (κ1) is 19.4. The number of nitrogens with one attached hydrogen (secondary N) is 1. The Labute approximate surface area is 165 Å². The van der Waals surface area contributed by atoms with Crippen LogP contribution in [0.5, 0.6) is 0 Å². The van der Waals surface area contributed by atoms with Crippen molar-refractivity contribution >= 4 is 33.1 Å². The molecule has 2 aromatic carbocycles. The van der Waals surface area contributed by atoms with Crippen molar-refractivity contribution in [3.63, 3.8) is 0 Å². The maximum absolute atomic E-state index is 12.1. The summed E-state index contributed by atoms with van der Waals surface area (Å²) in [5.41, 5.74) is 3.56. The van der Waals surface area contributed by atoms with Gasteiger partial charge in [-0.15, -0.1) is 11.3 Å². The van der Waals surface area contributed by atoms with Gasteiger partial charge in [0.05, 0.1) is 15.2 Å². The molecule has 3 aromatic rings. The molecular formula is C22H27N3OS. The van der Waals surface area contributed by atoms with Crippen LogP contribution >= 0.6 is 11.3 Å². The predicted molar refractivity (Wildman–Crippen MR) is 115 cm³/mol. The summed E-state index contributed by atoms with van der Waals surface area (Å²) in [5.74, 6) is 0.122. The van der Waals surface area contributed by atoms with Gasteiger partial charge < -0.3 is 10.2 Å². The van der Waals surface area contributed by atoms with E-state index in [0.717, 1.165) is 36.5 Å². The second-order valence-corrected chi connectivity index (χ2v) is 7.76. The van der Waals surface area contributed by atoms with Gasteiger partial charge in [0.2, 0.25) is 5.91 Å². The zero-order valence-electron chi connectivity index (χ0n) is 16.1. The number of benzene rings is 2. The number of para-hydroxylation sites is 2. The molecule has 1 N–H and O–H groups in total. The van der Waals surface area contributed by atoms with Crippen LogP contribution < -0.4 is 10.2 Å². The number of carbonyl (C=O) groups is 1. The van der Waals surface area contributed by atoms with Crippen LogP contribution in [-0.4, -0.2) is 30.5 Å². The lowest BCUT2D eigenvalue weighted by molar-refractivity contribution is -0.121. The first-order valence-corrected chi connectivity index (χ1v) is 10.4. The molecule has 0 atom stereocenters. The lowest BCUT2D eigenvalue weighted by Gasteiger charge is -2.25. The summed E-state index contributed by atoms with van der Waals surface area (Å²) in [6.07, 6.45) is 2.24. The van der Waals surface area contributed by atoms with Crippen LogP contribution in [0.4, 0.5) is 5.69 Å². The van der Waals surface area contributed by atoms with E-state index in [1.54, 1.807) is 11.3 Å². The highest BCUT2D eigenvalue weighted by atomic mass is 32.1. The minimum absolute atomic E-state index is 0.122. The molecule has 0 aliphatic carbocycles. The molecule has 0 aliphatic rings. The highest BCUT2D eigenvalue weighted by Gasteiger charge is 2.08. The fourth-order valence-corrected chi connectivity index (χ4v) is 4.22. The minimum Gasteiger partial charge on any atom is -0.370 e. The third kappa shape index (κ3) is 5.30. The maximum atomic E-state index is 12.1. The van der Waals surface area contributed by atoms with E-state index in [0.29, 0.717) is 13.0 Å². The number of aryl methyl sites for hydroxylation is 2. The Balaban J connectivity index is 1.39. The van der Waals surface area contributed by atoms with Gasteiger partial charge >= 0.3 is 0 Å². The number of likely N-dealkylation sites (N-methyl/N-ethyl adjacent to an activating group) is 1. The highest BCUT2D eigenvalue weighted by molar-refractivity contribution is 7.18. The number of anilines is 1. The number of aromatic nitrogens is 1. The van der Waals surface area contributed by atoms with Gasteiger partial charge in [0, 0.05) is 31.7 Å². The predicted octanol–water partition coefficient (Wildman–Crippen LogP) is 4.57. The van der Waals surface area contributed by atoms with E-state index < -0.39 is 0 Å². The molecule has 5 heteroatoms. The lowest BCUT2D eigenvalue weighted by atomic mass is 10.2. The molecule has 27 heavy (non-hydrogen) atoms. The van der Waals surface area contributed by atoms with Crippen molar-refractivity contribution in [2.45, 2.75) is 33.1 Å². The third-order valence-corrected chi connectivity index (χ3v) is 5.77. The van der Waals surface area contributed by atoms with Crippen molar-refractivity contribution in [3.8, 4) is 0 Å². The van der Waals surface area contributed by atoms with Crippen molar-refractivity contribution in [2.75, 3.05) is 24.5 Å². The molecule has 3 rings (SSSR count). The summed E-state index contributed by atoms with van der Waals surface area (Å²) in [6, 6.07) is 16.6. The molecule has 1 amide bonds. The van der Waals surface area contributed by atoms with Crippen molar-refractivity contribution in [2.24, 2.45) is 0 Å². The van der Waals surface area contributed by atoms with Crippen LogP contribution in [0.2, 0.25) is 0 Å². The van der Waals surface area contributed by atoms with E-state index in [-0.39, 0.29) is 5.91 Å². The minimum atomic E-state index is 0.122. The smallest absolute Gasteiger partial charge is 0.220 e. The second kappa shape index (κ2) is 9.51. The Kier molecular flexibility index (Phi) is 6.82. The van der Waals surface area contributed by atoms with E-state index in [1.165, 1.54) is 16.0 Å². The van der Waals surface area contributed by atoms with Crippen LogP contribution in [0.1, 0.15) is 30.3 Å². The lowest BCUT2D eigenvalue weighted by Crippen LogP contribution is -2.35. The highest BCUT2D eigenvalue weighted by Crippen LogP contribution is 2.22. The van der Waals surface area contributed by atoms with Gasteiger partial charge in [-0.3, -0.25) is 4.79 Å². The maximum Gasteiger partial charge on any atom is 0.220 e. The summed E-state index contributed by atoms with van der Waals surface area (Å²) >= 11 is 1.72. The van der Waals surface area contributed by atoms with Gasteiger partial charge in [-0.25, -0.2) is 4.98 Å². The second-order valence-electron chi connectivity index (χ2n) is 6.64. The van der Waals surface area contributed by atoms with Gasteiger partial charge in [0.15, 0.2) is 0 Å². The number of hydrogen-bond donors (Lipinski definition) is 1. The van der Waals surface area contributed by atoms with Crippen LogP contribution in [0.3, 0.4) is 0 Å². The number of rotatable bonds is 9. The SMILES string of the molecule is CCN(CCNC(=O)CCCc1nc2ccccc2s1)c1ccccc1C. The Morgan fingerprint density at radius 2 is 1.93 bits per heavy atom. The summed E-state index contributed by atoms with van der Waals surface area (Å²) in [4.78, 5) is 19.1. The Morgan fingerprint density at radius 1 is 1.15 bits per heavy atom. The van der Waals surface area contributed by atoms with Crippen molar-refractivity contribution in [1.82, 2.24) is 10.3 Å². The Morgan fingerprint density at radius 3 is 2.70 bits per heavy atom. The molecule has 0 unspecified atom stereocenters. The molecule has 142 valence electrons. The van der Waals surface area contributed by atoms with E-state index in [9.17, 15) is 4.79 Å². The molecule has 0 fully saturated rings. The van der Waals surface area contributed by atoms with Gasteiger partial charge in [-0.05, 0) is 50.5 Å². The summed E-state index contributed by atoms with van der Waals surface area (Å²) in [6.45, 7) is 6.69. The molecule has 0 spiro atoms. The number of fused-ring (bicyclic) bond motifs is 1. The van der Waals surface area contributed by atoms with Crippen molar-refractivity contribution < 1.29 is 4.79 Å². The number of nitrogens with zero attached hydrogens (tertiary/aromatic N) is 2. The van der Waals surface area contributed by atoms with Crippen LogP contribution in [0.15, 0.2) is 48.5 Å². The average molecular weight is 382 g/mol.